The molecule has 0 unspecified atom stereocenters. The topological polar surface area (TPSA) is 58.9 Å². The molecule has 1 amide bonds. The largest absolute Gasteiger partial charge is 0.369 e. The number of hydrogen-bond donors (Lipinski definition) is 2. The Morgan fingerprint density at radius 2 is 2.20 bits per heavy atom. The smallest absolute Gasteiger partial charge is 0.223 e. The van der Waals surface area contributed by atoms with Gasteiger partial charge in [-0.2, -0.15) is 0 Å². The van der Waals surface area contributed by atoms with Crippen molar-refractivity contribution >= 4 is 5.91 Å². The first-order valence-corrected chi connectivity index (χ1v) is 5.42. The Morgan fingerprint density at radius 3 is 2.73 bits per heavy atom. The molecule has 1 heterocycles. The van der Waals surface area contributed by atoms with Crippen LogP contribution < -0.4 is 5.73 Å². The minimum absolute atomic E-state index is 0.255. The van der Waals surface area contributed by atoms with Gasteiger partial charge in [-0.3, -0.25) is 4.79 Å². The van der Waals surface area contributed by atoms with Crippen molar-refractivity contribution in [2.75, 3.05) is 0 Å². The van der Waals surface area contributed by atoms with Crippen LogP contribution in [-0.4, -0.2) is 10.9 Å². The summed E-state index contributed by atoms with van der Waals surface area (Å²) in [5, 5.41) is 0. The van der Waals surface area contributed by atoms with Gasteiger partial charge < -0.3 is 10.7 Å². The van der Waals surface area contributed by atoms with Gasteiger partial charge in [0.25, 0.3) is 0 Å². The molecule has 0 radical (unpaired) electrons. The van der Waals surface area contributed by atoms with Gasteiger partial charge in [-0.1, -0.05) is 27.2 Å². The van der Waals surface area contributed by atoms with Crippen LogP contribution in [0.2, 0.25) is 0 Å². The van der Waals surface area contributed by atoms with Gasteiger partial charge in [0.05, 0.1) is 0 Å². The maximum absolute atomic E-state index is 11.2. The van der Waals surface area contributed by atoms with Crippen LogP contribution in [0.5, 0.6) is 0 Å². The zero-order chi connectivity index (χ0) is 11.5. The first kappa shape index (κ1) is 11.8. The zero-order valence-electron chi connectivity index (χ0n) is 9.76. The highest BCUT2D eigenvalue weighted by Crippen LogP contribution is 2.21. The normalized spacial score (nSPS) is 11.7. The van der Waals surface area contributed by atoms with Crippen LogP contribution >= 0.6 is 0 Å². The van der Waals surface area contributed by atoms with Gasteiger partial charge in [0.1, 0.15) is 0 Å². The van der Waals surface area contributed by atoms with Crippen molar-refractivity contribution in [1.29, 1.82) is 0 Å². The third kappa shape index (κ3) is 3.11. The van der Waals surface area contributed by atoms with Gasteiger partial charge in [-0.05, 0) is 18.1 Å². The summed E-state index contributed by atoms with van der Waals surface area (Å²) in [4.78, 5) is 14.4. The molecule has 0 fully saturated rings. The van der Waals surface area contributed by atoms with Crippen molar-refractivity contribution in [2.45, 2.75) is 40.0 Å². The molecule has 3 nitrogen and oxygen atoms in total. The maximum Gasteiger partial charge on any atom is 0.223 e. The van der Waals surface area contributed by atoms with Crippen LogP contribution in [0.3, 0.4) is 0 Å². The van der Waals surface area contributed by atoms with Crippen molar-refractivity contribution < 1.29 is 4.79 Å². The van der Waals surface area contributed by atoms with Crippen molar-refractivity contribution in [1.82, 2.24) is 4.98 Å². The minimum atomic E-state index is -0.478. The summed E-state index contributed by atoms with van der Waals surface area (Å²) in [6, 6.07) is 2.12. The van der Waals surface area contributed by atoms with Crippen LogP contribution in [-0.2, 0) is 17.6 Å². The van der Waals surface area contributed by atoms with E-state index in [0.717, 1.165) is 18.5 Å². The highest BCUT2D eigenvalue weighted by Gasteiger charge is 2.25. The fraction of sp³-hybridized carbons (Fsp3) is 0.583. The Kier molecular flexibility index (Phi) is 3.56. The molecule has 3 N–H and O–H groups in total. The summed E-state index contributed by atoms with van der Waals surface area (Å²) < 4.78 is 0. The zero-order valence-corrected chi connectivity index (χ0v) is 9.76. The molecule has 1 aromatic heterocycles. The Balaban J connectivity index is 2.68. The second-order valence-corrected chi connectivity index (χ2v) is 4.71. The molecule has 0 spiro atoms. The van der Waals surface area contributed by atoms with E-state index < -0.39 is 5.41 Å². The summed E-state index contributed by atoms with van der Waals surface area (Å²) in [5.74, 6) is -0.255. The molecule has 0 aliphatic heterocycles. The van der Waals surface area contributed by atoms with Crippen LogP contribution in [0.1, 0.15) is 38.4 Å². The van der Waals surface area contributed by atoms with E-state index in [4.69, 9.17) is 5.73 Å². The number of rotatable bonds is 5. The van der Waals surface area contributed by atoms with Gasteiger partial charge in [0, 0.05) is 23.7 Å². The van der Waals surface area contributed by atoms with Gasteiger partial charge in [0.15, 0.2) is 0 Å². The van der Waals surface area contributed by atoms with Gasteiger partial charge in [-0.15, -0.1) is 0 Å². The number of carbonyl (C=O) groups excluding carboxylic acids is 1. The number of aromatic nitrogens is 1. The molecule has 0 bridgehead atoms. The van der Waals surface area contributed by atoms with Crippen molar-refractivity contribution in [3.63, 3.8) is 0 Å². The predicted octanol–water partition coefficient (Wildman–Crippen LogP) is 2.02. The summed E-state index contributed by atoms with van der Waals surface area (Å²) in [6.45, 7) is 5.89. The first-order valence-electron chi connectivity index (χ1n) is 5.42. The van der Waals surface area contributed by atoms with E-state index in [1.165, 1.54) is 5.56 Å². The Hall–Kier alpha value is -1.25. The van der Waals surface area contributed by atoms with Crippen molar-refractivity contribution in [3.05, 3.63) is 23.5 Å². The molecular formula is C12H20N2O. The lowest BCUT2D eigenvalue weighted by molar-refractivity contribution is -0.125. The molecule has 0 aliphatic carbocycles. The Morgan fingerprint density at radius 1 is 1.53 bits per heavy atom. The second-order valence-electron chi connectivity index (χ2n) is 4.71. The number of carbonyl (C=O) groups is 1. The van der Waals surface area contributed by atoms with Gasteiger partial charge in [0.2, 0.25) is 5.91 Å². The van der Waals surface area contributed by atoms with E-state index in [-0.39, 0.29) is 5.91 Å². The van der Waals surface area contributed by atoms with E-state index in [9.17, 15) is 4.79 Å². The lowest BCUT2D eigenvalue weighted by atomic mass is 9.87. The second kappa shape index (κ2) is 4.51. The molecule has 1 aromatic rings. The number of amides is 1. The number of hydrogen-bond acceptors (Lipinski definition) is 1. The molecule has 0 atom stereocenters. The third-order valence-electron chi connectivity index (χ3n) is 2.64. The van der Waals surface area contributed by atoms with E-state index in [2.05, 4.69) is 18.0 Å². The first-order chi connectivity index (χ1) is 6.95. The quantitative estimate of drug-likeness (QED) is 0.764. The van der Waals surface area contributed by atoms with Crippen LogP contribution in [0.4, 0.5) is 0 Å². The number of primary amides is 1. The highest BCUT2D eigenvalue weighted by molar-refractivity contribution is 5.80. The fourth-order valence-electron chi connectivity index (χ4n) is 1.59. The average Bonchev–Trinajstić information content (AvgIpc) is 2.52. The number of nitrogens with one attached hydrogen (secondary N) is 1. The van der Waals surface area contributed by atoms with E-state index >= 15 is 0 Å². The molecule has 0 saturated carbocycles. The van der Waals surface area contributed by atoms with Gasteiger partial charge >= 0.3 is 0 Å². The van der Waals surface area contributed by atoms with Crippen LogP contribution in [0.25, 0.3) is 0 Å². The van der Waals surface area contributed by atoms with E-state index in [0.29, 0.717) is 6.42 Å². The van der Waals surface area contributed by atoms with E-state index in [1.54, 1.807) is 0 Å². The monoisotopic (exact) mass is 208 g/mol. The molecule has 15 heavy (non-hydrogen) atoms. The number of H-pyrrole nitrogens is 1. The molecular weight excluding hydrogens is 188 g/mol. The van der Waals surface area contributed by atoms with Crippen molar-refractivity contribution in [3.8, 4) is 0 Å². The minimum Gasteiger partial charge on any atom is -0.369 e. The summed E-state index contributed by atoms with van der Waals surface area (Å²) in [7, 11) is 0. The molecule has 1 rings (SSSR count). The predicted molar refractivity (Wildman–Crippen MR) is 61.5 cm³/mol. The summed E-state index contributed by atoms with van der Waals surface area (Å²) in [5.41, 5.74) is 7.24. The maximum atomic E-state index is 11.2. The number of aryl methyl sites for hydroxylation is 1. The summed E-state index contributed by atoms with van der Waals surface area (Å²) >= 11 is 0. The Labute approximate surface area is 91.1 Å². The molecule has 84 valence electrons. The highest BCUT2D eigenvalue weighted by atomic mass is 16.1. The Bertz CT molecular complexity index is 339. The van der Waals surface area contributed by atoms with Crippen LogP contribution in [0.15, 0.2) is 12.3 Å². The molecule has 0 aromatic carbocycles. The molecule has 3 heteroatoms. The lowest BCUT2D eigenvalue weighted by Gasteiger charge is -2.18. The van der Waals surface area contributed by atoms with Gasteiger partial charge in [-0.25, -0.2) is 0 Å². The van der Waals surface area contributed by atoms with E-state index in [1.807, 2.05) is 20.0 Å². The number of nitrogens with two attached hydrogens (primary N) is 1. The third-order valence-corrected chi connectivity index (χ3v) is 2.64. The molecule has 0 aliphatic rings. The SMILES string of the molecule is CCCc1c[nH]c(CC(C)(C)C(N)=O)c1. The van der Waals surface area contributed by atoms with Crippen LogP contribution in [0, 0.1) is 5.41 Å². The molecule has 0 saturated heterocycles. The standard InChI is InChI=1S/C12H20N2O/c1-4-5-9-6-10(14-8-9)7-12(2,3)11(13)15/h6,8,14H,4-5,7H2,1-3H3,(H2,13,15). The number of aromatic amines is 1. The fourth-order valence-corrected chi connectivity index (χ4v) is 1.59. The summed E-state index contributed by atoms with van der Waals surface area (Å²) in [6.07, 6.45) is 4.89. The average molecular weight is 208 g/mol. The van der Waals surface area contributed by atoms with Crippen molar-refractivity contribution in [2.24, 2.45) is 11.1 Å². The lowest BCUT2D eigenvalue weighted by Crippen LogP contribution is -2.33.